The third-order valence-corrected chi connectivity index (χ3v) is 4.08. The molecule has 1 aromatic carbocycles. The van der Waals surface area contributed by atoms with Crippen LogP contribution in [0.3, 0.4) is 0 Å². The summed E-state index contributed by atoms with van der Waals surface area (Å²) in [6, 6.07) is 4.13. The minimum Gasteiger partial charge on any atom is -0.342 e. The molecule has 0 aliphatic carbocycles. The second kappa shape index (κ2) is 9.51. The van der Waals surface area contributed by atoms with Crippen molar-refractivity contribution in [2.75, 3.05) is 18.9 Å². The lowest BCUT2D eigenvalue weighted by atomic mass is 10.0. The molecule has 0 heterocycles. The Bertz CT molecular complexity index is 602. The number of rotatable bonds is 8. The minimum atomic E-state index is -0.616. The van der Waals surface area contributed by atoms with Crippen molar-refractivity contribution in [3.8, 4) is 0 Å². The molecule has 1 atom stereocenters. The van der Waals surface area contributed by atoms with E-state index in [4.69, 9.17) is 5.73 Å². The molecule has 0 aliphatic rings. The molecule has 0 radical (unpaired) electrons. The molecule has 6 heteroatoms. The Morgan fingerprint density at radius 1 is 1.24 bits per heavy atom. The van der Waals surface area contributed by atoms with Crippen molar-refractivity contribution in [1.82, 2.24) is 4.90 Å². The smallest absolute Gasteiger partial charge is 0.253 e. The zero-order valence-corrected chi connectivity index (χ0v) is 15.8. The van der Waals surface area contributed by atoms with Crippen LogP contribution in [-0.4, -0.2) is 36.3 Å². The molecule has 2 amide bonds. The predicted octanol–water partition coefficient (Wildman–Crippen LogP) is 3.26. The number of anilines is 1. The molecule has 0 spiro atoms. The zero-order valence-electron chi connectivity index (χ0n) is 15.8. The number of benzene rings is 1. The van der Waals surface area contributed by atoms with Gasteiger partial charge in [-0.3, -0.25) is 9.59 Å². The predicted molar refractivity (Wildman–Crippen MR) is 98.9 cm³/mol. The van der Waals surface area contributed by atoms with Crippen LogP contribution in [0.15, 0.2) is 18.2 Å². The van der Waals surface area contributed by atoms with E-state index in [9.17, 15) is 14.0 Å². The zero-order chi connectivity index (χ0) is 19.1. The molecule has 0 saturated heterocycles. The van der Waals surface area contributed by atoms with Crippen LogP contribution in [0, 0.1) is 17.7 Å². The number of carbonyl (C=O) groups is 2. The molecule has 0 aliphatic heterocycles. The van der Waals surface area contributed by atoms with Gasteiger partial charge < -0.3 is 16.0 Å². The quantitative estimate of drug-likeness (QED) is 0.755. The van der Waals surface area contributed by atoms with E-state index in [1.165, 1.54) is 17.0 Å². The van der Waals surface area contributed by atoms with Crippen LogP contribution in [-0.2, 0) is 4.79 Å². The van der Waals surface area contributed by atoms with Gasteiger partial charge in [0.2, 0.25) is 5.91 Å². The van der Waals surface area contributed by atoms with Crippen molar-refractivity contribution < 1.29 is 14.0 Å². The van der Waals surface area contributed by atoms with Gasteiger partial charge in [-0.1, -0.05) is 27.7 Å². The topological polar surface area (TPSA) is 75.4 Å². The number of hydrogen-bond donors (Lipinski definition) is 2. The fraction of sp³-hybridized carbons (Fsp3) is 0.579. The maximum absolute atomic E-state index is 14.2. The second-order valence-corrected chi connectivity index (χ2v) is 7.26. The molecule has 25 heavy (non-hydrogen) atoms. The Labute approximate surface area is 149 Å². The summed E-state index contributed by atoms with van der Waals surface area (Å²) in [5.41, 5.74) is 6.33. The highest BCUT2D eigenvalue weighted by atomic mass is 19.1. The van der Waals surface area contributed by atoms with E-state index in [1.807, 2.05) is 27.7 Å². The Morgan fingerprint density at radius 2 is 1.88 bits per heavy atom. The Morgan fingerprint density at radius 3 is 2.40 bits per heavy atom. The fourth-order valence-corrected chi connectivity index (χ4v) is 2.32. The molecule has 0 saturated carbocycles. The molecule has 1 aromatic rings. The monoisotopic (exact) mass is 351 g/mol. The third kappa shape index (κ3) is 6.82. The Balaban J connectivity index is 2.71. The van der Waals surface area contributed by atoms with Crippen molar-refractivity contribution in [2.24, 2.45) is 17.6 Å². The molecule has 0 bridgehead atoms. The highest BCUT2D eigenvalue weighted by molar-refractivity contribution is 5.95. The number of nitrogens with two attached hydrogens (primary N) is 1. The summed E-state index contributed by atoms with van der Waals surface area (Å²) in [6.45, 7) is 8.41. The molecular formula is C19H30FN3O2. The van der Waals surface area contributed by atoms with Crippen molar-refractivity contribution in [3.05, 3.63) is 29.6 Å². The van der Waals surface area contributed by atoms with Crippen LogP contribution in [0.2, 0.25) is 0 Å². The van der Waals surface area contributed by atoms with E-state index in [0.29, 0.717) is 25.3 Å². The van der Waals surface area contributed by atoms with Crippen molar-refractivity contribution in [1.29, 1.82) is 0 Å². The maximum atomic E-state index is 14.2. The molecule has 1 rings (SSSR count). The molecule has 0 aromatic heterocycles. The Kier molecular flexibility index (Phi) is 8.03. The summed E-state index contributed by atoms with van der Waals surface area (Å²) in [4.78, 5) is 25.7. The first-order valence-electron chi connectivity index (χ1n) is 8.72. The van der Waals surface area contributed by atoms with Crippen molar-refractivity contribution >= 4 is 17.5 Å². The summed E-state index contributed by atoms with van der Waals surface area (Å²) >= 11 is 0. The van der Waals surface area contributed by atoms with Crippen LogP contribution >= 0.6 is 0 Å². The maximum Gasteiger partial charge on any atom is 0.253 e. The van der Waals surface area contributed by atoms with Gasteiger partial charge in [-0.25, -0.2) is 4.39 Å². The standard InChI is InChI=1S/C19H30FN3O2/c1-12(2)10-18(24)22-17-7-6-14(11-15(17)20)19(25)23(5)9-8-16(21)13(3)4/h6-7,11-13,16H,8-10,21H2,1-5H3,(H,22,24). The van der Waals surface area contributed by atoms with Crippen LogP contribution in [0.1, 0.15) is 50.9 Å². The van der Waals surface area contributed by atoms with Crippen LogP contribution in [0.25, 0.3) is 0 Å². The largest absolute Gasteiger partial charge is 0.342 e. The van der Waals surface area contributed by atoms with E-state index in [-0.39, 0.29) is 35.0 Å². The molecule has 1 unspecified atom stereocenters. The van der Waals surface area contributed by atoms with E-state index < -0.39 is 5.82 Å². The van der Waals surface area contributed by atoms with Gasteiger partial charge in [0.25, 0.3) is 5.91 Å². The lowest BCUT2D eigenvalue weighted by Crippen LogP contribution is -2.34. The second-order valence-electron chi connectivity index (χ2n) is 7.26. The molecule has 5 nitrogen and oxygen atoms in total. The lowest BCUT2D eigenvalue weighted by molar-refractivity contribution is -0.116. The highest BCUT2D eigenvalue weighted by Crippen LogP contribution is 2.18. The number of nitrogens with zero attached hydrogens (tertiary/aromatic N) is 1. The van der Waals surface area contributed by atoms with Gasteiger partial charge in [0.15, 0.2) is 0 Å². The average molecular weight is 351 g/mol. The van der Waals surface area contributed by atoms with Gasteiger partial charge >= 0.3 is 0 Å². The average Bonchev–Trinajstić information content (AvgIpc) is 2.52. The number of carbonyl (C=O) groups excluding carboxylic acids is 2. The van der Waals surface area contributed by atoms with E-state index in [1.54, 1.807) is 7.05 Å². The molecule has 140 valence electrons. The van der Waals surface area contributed by atoms with E-state index >= 15 is 0 Å². The van der Waals surface area contributed by atoms with Gasteiger partial charge in [0.1, 0.15) is 5.82 Å². The van der Waals surface area contributed by atoms with Gasteiger partial charge in [0, 0.05) is 31.6 Å². The SMILES string of the molecule is CC(C)CC(=O)Nc1ccc(C(=O)N(C)CCC(N)C(C)C)cc1F. The fourth-order valence-electron chi connectivity index (χ4n) is 2.32. The summed E-state index contributed by atoms with van der Waals surface area (Å²) in [7, 11) is 1.67. The van der Waals surface area contributed by atoms with Crippen LogP contribution in [0.4, 0.5) is 10.1 Å². The third-order valence-electron chi connectivity index (χ3n) is 4.08. The van der Waals surface area contributed by atoms with Crippen LogP contribution < -0.4 is 11.1 Å². The molecule has 3 N–H and O–H groups in total. The van der Waals surface area contributed by atoms with Crippen molar-refractivity contribution in [3.63, 3.8) is 0 Å². The van der Waals surface area contributed by atoms with Crippen LogP contribution in [0.5, 0.6) is 0 Å². The Hall–Kier alpha value is -1.95. The molecule has 0 fully saturated rings. The summed E-state index contributed by atoms with van der Waals surface area (Å²) in [5.74, 6) is -0.595. The van der Waals surface area contributed by atoms with Gasteiger partial charge in [-0.2, -0.15) is 0 Å². The summed E-state index contributed by atoms with van der Waals surface area (Å²) in [6.07, 6.45) is 1.00. The van der Waals surface area contributed by atoms with Gasteiger partial charge in [0.05, 0.1) is 5.69 Å². The number of nitrogens with one attached hydrogen (secondary N) is 1. The van der Waals surface area contributed by atoms with E-state index in [0.717, 1.165) is 6.07 Å². The number of hydrogen-bond acceptors (Lipinski definition) is 3. The minimum absolute atomic E-state index is 0.0190. The number of halogens is 1. The number of amides is 2. The van der Waals surface area contributed by atoms with E-state index in [2.05, 4.69) is 5.32 Å². The van der Waals surface area contributed by atoms with Gasteiger partial charge in [-0.05, 0) is 36.5 Å². The first-order valence-corrected chi connectivity index (χ1v) is 8.72. The first kappa shape index (κ1) is 21.1. The normalized spacial score (nSPS) is 12.4. The molecular weight excluding hydrogens is 321 g/mol. The van der Waals surface area contributed by atoms with Crippen molar-refractivity contribution in [2.45, 2.75) is 46.6 Å². The highest BCUT2D eigenvalue weighted by Gasteiger charge is 2.17. The van der Waals surface area contributed by atoms with Gasteiger partial charge in [-0.15, -0.1) is 0 Å². The summed E-state index contributed by atoms with van der Waals surface area (Å²) in [5, 5.41) is 2.53. The first-order chi connectivity index (χ1) is 11.6. The summed E-state index contributed by atoms with van der Waals surface area (Å²) < 4.78 is 14.2. The lowest BCUT2D eigenvalue weighted by Gasteiger charge is -2.21.